The second-order valence-corrected chi connectivity index (χ2v) is 9.23. The number of amides is 1. The van der Waals surface area contributed by atoms with E-state index in [0.717, 1.165) is 31.5 Å². The lowest BCUT2D eigenvalue weighted by atomic mass is 9.79. The van der Waals surface area contributed by atoms with Gasteiger partial charge in [-0.2, -0.15) is 4.98 Å². The highest BCUT2D eigenvalue weighted by Crippen LogP contribution is 2.61. The van der Waals surface area contributed by atoms with Gasteiger partial charge in [-0.1, -0.05) is 6.08 Å². The lowest BCUT2D eigenvalue weighted by Gasteiger charge is -2.35. The number of nitrogens with zero attached hydrogens (tertiary/aromatic N) is 2. The second kappa shape index (κ2) is 6.76. The molecule has 0 radical (unpaired) electrons. The number of carbonyl (C=O) groups excluding carboxylic acids is 1. The largest absolute Gasteiger partial charge is 0.474 e. The first-order chi connectivity index (χ1) is 12.4. The average Bonchev–Trinajstić information content (AvgIpc) is 3.44. The molecule has 3 saturated carbocycles. The second-order valence-electron chi connectivity index (χ2n) is 7.96. The van der Waals surface area contributed by atoms with E-state index in [9.17, 15) is 9.00 Å². The highest BCUT2D eigenvalue weighted by Gasteiger charge is 2.54. The Morgan fingerprint density at radius 1 is 1.42 bits per heavy atom. The molecule has 7 heteroatoms. The number of aromatic nitrogens is 2. The van der Waals surface area contributed by atoms with Crippen molar-refractivity contribution in [1.29, 1.82) is 0 Å². The maximum absolute atomic E-state index is 12.7. The molecule has 26 heavy (non-hydrogen) atoms. The highest BCUT2D eigenvalue weighted by atomic mass is 32.2. The van der Waals surface area contributed by atoms with Gasteiger partial charge in [0, 0.05) is 40.6 Å². The normalized spacial score (nSPS) is 23.5. The third-order valence-corrected chi connectivity index (χ3v) is 5.97. The molecule has 3 aliphatic carbocycles. The van der Waals surface area contributed by atoms with E-state index in [4.69, 9.17) is 4.74 Å². The molecular weight excluding hydrogens is 350 g/mol. The van der Waals surface area contributed by atoms with Crippen molar-refractivity contribution in [2.75, 3.05) is 6.26 Å². The Labute approximate surface area is 156 Å². The summed E-state index contributed by atoms with van der Waals surface area (Å²) in [5.41, 5.74) is 0.915. The quantitative estimate of drug-likeness (QED) is 0.792. The predicted octanol–water partition coefficient (Wildman–Crippen LogP) is 2.69. The Kier molecular flexibility index (Phi) is 4.59. The van der Waals surface area contributed by atoms with Gasteiger partial charge in [-0.05, 0) is 50.9 Å². The highest BCUT2D eigenvalue weighted by molar-refractivity contribution is 7.87. The van der Waals surface area contributed by atoms with Crippen LogP contribution in [0.1, 0.15) is 67.5 Å². The molecule has 3 fully saturated rings. The molecule has 1 aromatic heterocycles. The predicted molar refractivity (Wildman–Crippen MR) is 99.5 cm³/mol. The maximum atomic E-state index is 12.7. The third kappa shape index (κ3) is 3.98. The van der Waals surface area contributed by atoms with Gasteiger partial charge in [0.1, 0.15) is 17.5 Å². The lowest BCUT2D eigenvalue weighted by Crippen LogP contribution is -2.37. The fraction of sp³-hybridized carbons (Fsp3) is 0.632. The molecule has 0 saturated heterocycles. The summed E-state index contributed by atoms with van der Waals surface area (Å²) in [7, 11) is -1.04. The average molecular weight is 375 g/mol. The summed E-state index contributed by atoms with van der Waals surface area (Å²) in [6.07, 6.45) is 12.0. The Hall–Kier alpha value is -1.76. The van der Waals surface area contributed by atoms with Crippen LogP contribution in [-0.2, 0) is 10.8 Å². The minimum Gasteiger partial charge on any atom is -0.474 e. The smallest absolute Gasteiger partial charge is 0.258 e. The summed E-state index contributed by atoms with van der Waals surface area (Å²) in [6.45, 7) is 1.84. The van der Waals surface area contributed by atoms with Crippen LogP contribution in [0.3, 0.4) is 0 Å². The minimum absolute atomic E-state index is 0.158. The molecule has 4 rings (SSSR count). The molecule has 1 amide bonds. The fourth-order valence-electron chi connectivity index (χ4n) is 3.46. The van der Waals surface area contributed by atoms with Gasteiger partial charge in [-0.15, -0.1) is 0 Å². The Balaban J connectivity index is 1.47. The van der Waals surface area contributed by atoms with E-state index in [1.165, 1.54) is 12.8 Å². The Bertz CT molecular complexity index is 763. The van der Waals surface area contributed by atoms with Crippen LogP contribution in [0, 0.1) is 5.41 Å². The van der Waals surface area contributed by atoms with E-state index in [0.29, 0.717) is 22.8 Å². The van der Waals surface area contributed by atoms with E-state index < -0.39 is 10.8 Å². The number of nitrogens with one attached hydrogen (secondary N) is 1. The van der Waals surface area contributed by atoms with Gasteiger partial charge in [0.2, 0.25) is 5.88 Å². The van der Waals surface area contributed by atoms with Crippen molar-refractivity contribution in [3.63, 3.8) is 0 Å². The van der Waals surface area contributed by atoms with Crippen molar-refractivity contribution >= 4 is 16.7 Å². The zero-order chi connectivity index (χ0) is 18.3. The fourth-order valence-corrected chi connectivity index (χ4v) is 3.91. The van der Waals surface area contributed by atoms with Gasteiger partial charge in [0.15, 0.2) is 0 Å². The number of hydrogen-bond donors (Lipinski definition) is 1. The van der Waals surface area contributed by atoms with Crippen LogP contribution in [0.15, 0.2) is 17.7 Å². The molecule has 2 atom stereocenters. The summed E-state index contributed by atoms with van der Waals surface area (Å²) < 4.78 is 17.3. The van der Waals surface area contributed by atoms with Gasteiger partial charge in [0.05, 0.1) is 0 Å². The monoisotopic (exact) mass is 375 g/mol. The number of rotatable bonds is 7. The van der Waals surface area contributed by atoms with E-state index in [2.05, 4.69) is 15.3 Å². The molecule has 1 heterocycles. The van der Waals surface area contributed by atoms with Crippen LogP contribution in [0.5, 0.6) is 5.88 Å². The topological polar surface area (TPSA) is 81.2 Å². The molecule has 3 aliphatic rings. The summed E-state index contributed by atoms with van der Waals surface area (Å²) >= 11 is 0. The first-order valence-corrected chi connectivity index (χ1v) is 10.9. The van der Waals surface area contributed by atoms with Crippen molar-refractivity contribution in [1.82, 2.24) is 15.3 Å². The summed E-state index contributed by atoms with van der Waals surface area (Å²) in [5, 5.41) is 4.44. The van der Waals surface area contributed by atoms with Crippen LogP contribution < -0.4 is 10.1 Å². The van der Waals surface area contributed by atoms with E-state index in [1.807, 2.05) is 6.92 Å². The molecule has 0 bridgehead atoms. The zero-order valence-corrected chi connectivity index (χ0v) is 16.1. The number of hydrogen-bond acceptors (Lipinski definition) is 5. The van der Waals surface area contributed by atoms with Crippen molar-refractivity contribution < 1.29 is 13.7 Å². The van der Waals surface area contributed by atoms with Crippen LogP contribution in [0.25, 0.3) is 0 Å². The van der Waals surface area contributed by atoms with Gasteiger partial charge < -0.3 is 10.1 Å². The van der Waals surface area contributed by atoms with Gasteiger partial charge >= 0.3 is 0 Å². The summed E-state index contributed by atoms with van der Waals surface area (Å²) in [4.78, 5) is 21.6. The molecule has 6 nitrogen and oxygen atoms in total. The molecule has 1 aromatic rings. The summed E-state index contributed by atoms with van der Waals surface area (Å²) in [5.74, 6) is 1.34. The van der Waals surface area contributed by atoms with Crippen LogP contribution in [-0.4, -0.2) is 38.5 Å². The number of ether oxygens (including phenoxy) is 1. The van der Waals surface area contributed by atoms with Crippen molar-refractivity contribution in [3.05, 3.63) is 29.1 Å². The van der Waals surface area contributed by atoms with Crippen molar-refractivity contribution in [3.8, 4) is 5.88 Å². The first-order valence-electron chi connectivity index (χ1n) is 9.29. The molecule has 0 aliphatic heterocycles. The SMILES string of the molecule is CC(/C=C/S(C)=O)NC(=O)c1cnc(C2CC2)nc1OC1CC2(CC2)C1. The Morgan fingerprint density at radius 2 is 2.15 bits per heavy atom. The van der Waals surface area contributed by atoms with Gasteiger partial charge in [0.25, 0.3) is 5.91 Å². The molecular formula is C19H25N3O3S. The van der Waals surface area contributed by atoms with E-state index >= 15 is 0 Å². The van der Waals surface area contributed by atoms with E-state index in [1.54, 1.807) is 23.9 Å². The van der Waals surface area contributed by atoms with Crippen LogP contribution in [0.4, 0.5) is 0 Å². The lowest BCUT2D eigenvalue weighted by molar-refractivity contribution is 0.0452. The zero-order valence-electron chi connectivity index (χ0n) is 15.2. The molecule has 2 unspecified atom stereocenters. The Morgan fingerprint density at radius 3 is 2.77 bits per heavy atom. The molecule has 140 valence electrons. The molecule has 1 N–H and O–H groups in total. The van der Waals surface area contributed by atoms with Crippen molar-refractivity contribution in [2.24, 2.45) is 5.41 Å². The third-order valence-electron chi connectivity index (χ3n) is 5.43. The standard InChI is InChI=1S/C19H25N3O3S/c1-12(5-8-26(2)24)21-17(23)15-11-20-16(13-3-4-13)22-18(15)25-14-9-19(10-14)6-7-19/h5,8,11-14H,3-4,6-7,9-10H2,1-2H3,(H,21,23)/b8-5+. The van der Waals surface area contributed by atoms with Crippen molar-refractivity contribution in [2.45, 2.75) is 63.5 Å². The van der Waals surface area contributed by atoms with Gasteiger partial charge in [-0.3, -0.25) is 9.00 Å². The van der Waals surface area contributed by atoms with Gasteiger partial charge in [-0.25, -0.2) is 4.98 Å². The minimum atomic E-state index is -1.04. The summed E-state index contributed by atoms with van der Waals surface area (Å²) in [6, 6.07) is -0.235. The molecule has 0 aromatic carbocycles. The number of carbonyl (C=O) groups is 1. The maximum Gasteiger partial charge on any atom is 0.258 e. The van der Waals surface area contributed by atoms with Crippen LogP contribution in [0.2, 0.25) is 0 Å². The molecule has 1 spiro atoms. The first kappa shape index (κ1) is 17.6. The van der Waals surface area contributed by atoms with Crippen LogP contribution >= 0.6 is 0 Å². The van der Waals surface area contributed by atoms with E-state index in [-0.39, 0.29) is 18.1 Å².